The summed E-state index contributed by atoms with van der Waals surface area (Å²) in [7, 11) is 1.78. The Morgan fingerprint density at radius 1 is 1.21 bits per heavy atom. The minimum atomic E-state index is 0.117. The van der Waals surface area contributed by atoms with E-state index in [0.717, 1.165) is 61.5 Å². The number of aryl methyl sites for hydroxylation is 1. The fourth-order valence-electron chi connectivity index (χ4n) is 3.95. The van der Waals surface area contributed by atoms with Crippen molar-refractivity contribution in [3.05, 3.63) is 35.8 Å². The van der Waals surface area contributed by atoms with Gasteiger partial charge in [0.05, 0.1) is 12.2 Å². The van der Waals surface area contributed by atoms with Gasteiger partial charge in [0.15, 0.2) is 5.96 Å². The molecule has 4 rings (SSSR count). The lowest BCUT2D eigenvalue weighted by Crippen LogP contribution is -2.47. The first-order chi connectivity index (χ1) is 13.6. The molecule has 7 nitrogen and oxygen atoms in total. The SMILES string of the molecule is CN=C(NCc1cn2c(C)cccc2n1)NC1CCCC(C(=O)NC2CC2)C1. The van der Waals surface area contributed by atoms with Gasteiger partial charge in [0.25, 0.3) is 0 Å². The summed E-state index contributed by atoms with van der Waals surface area (Å²) < 4.78 is 2.09. The summed E-state index contributed by atoms with van der Waals surface area (Å²) in [6, 6.07) is 6.82. The van der Waals surface area contributed by atoms with Crippen LogP contribution in [0.25, 0.3) is 5.65 Å². The van der Waals surface area contributed by atoms with Gasteiger partial charge in [-0.15, -0.1) is 0 Å². The van der Waals surface area contributed by atoms with E-state index in [4.69, 9.17) is 0 Å². The second-order valence-electron chi connectivity index (χ2n) is 8.04. The monoisotopic (exact) mass is 382 g/mol. The highest BCUT2D eigenvalue weighted by Gasteiger charge is 2.31. The van der Waals surface area contributed by atoms with Gasteiger partial charge in [0.1, 0.15) is 5.65 Å². The van der Waals surface area contributed by atoms with Crippen molar-refractivity contribution in [1.82, 2.24) is 25.3 Å². The van der Waals surface area contributed by atoms with E-state index >= 15 is 0 Å². The Bertz CT molecular complexity index is 869. The van der Waals surface area contributed by atoms with Crippen LogP contribution in [0.4, 0.5) is 0 Å². The molecule has 0 spiro atoms. The van der Waals surface area contributed by atoms with E-state index in [-0.39, 0.29) is 17.9 Å². The van der Waals surface area contributed by atoms with Gasteiger partial charge in [-0.05, 0) is 51.2 Å². The van der Waals surface area contributed by atoms with E-state index in [0.29, 0.717) is 12.6 Å². The molecule has 0 radical (unpaired) electrons. The van der Waals surface area contributed by atoms with Crippen molar-refractivity contribution >= 4 is 17.5 Å². The third kappa shape index (κ3) is 4.46. The Kier molecular flexibility index (Phi) is 5.50. The largest absolute Gasteiger partial charge is 0.354 e. The molecule has 0 saturated heterocycles. The Hall–Kier alpha value is -2.57. The number of pyridine rings is 1. The van der Waals surface area contributed by atoms with E-state index < -0.39 is 0 Å². The number of nitrogens with one attached hydrogen (secondary N) is 3. The summed E-state index contributed by atoms with van der Waals surface area (Å²) in [5.74, 6) is 1.12. The summed E-state index contributed by atoms with van der Waals surface area (Å²) in [5, 5.41) is 10.0. The lowest BCUT2D eigenvalue weighted by molar-refractivity contribution is -0.126. The van der Waals surface area contributed by atoms with Crippen LogP contribution in [-0.2, 0) is 11.3 Å². The molecule has 2 fully saturated rings. The number of nitrogens with zero attached hydrogens (tertiary/aromatic N) is 3. The second kappa shape index (κ2) is 8.20. The van der Waals surface area contributed by atoms with Crippen molar-refractivity contribution in [3.63, 3.8) is 0 Å². The topological polar surface area (TPSA) is 82.8 Å². The highest BCUT2D eigenvalue weighted by molar-refractivity contribution is 5.81. The molecule has 2 heterocycles. The minimum Gasteiger partial charge on any atom is -0.354 e. The molecule has 2 atom stereocenters. The van der Waals surface area contributed by atoms with E-state index in [2.05, 4.69) is 49.5 Å². The number of aromatic nitrogens is 2. The highest BCUT2D eigenvalue weighted by atomic mass is 16.2. The number of imidazole rings is 1. The molecule has 2 aliphatic carbocycles. The fraction of sp³-hybridized carbons (Fsp3) is 0.571. The molecule has 150 valence electrons. The number of amides is 1. The highest BCUT2D eigenvalue weighted by Crippen LogP contribution is 2.26. The van der Waals surface area contributed by atoms with E-state index in [9.17, 15) is 4.79 Å². The van der Waals surface area contributed by atoms with Crippen LogP contribution in [0.5, 0.6) is 0 Å². The molecule has 7 heteroatoms. The predicted molar refractivity (Wildman–Crippen MR) is 110 cm³/mol. The zero-order valence-electron chi connectivity index (χ0n) is 16.7. The van der Waals surface area contributed by atoms with Gasteiger partial charge >= 0.3 is 0 Å². The Morgan fingerprint density at radius 2 is 2.07 bits per heavy atom. The van der Waals surface area contributed by atoms with Crippen molar-refractivity contribution in [3.8, 4) is 0 Å². The maximum atomic E-state index is 12.4. The van der Waals surface area contributed by atoms with Crippen LogP contribution in [0, 0.1) is 12.8 Å². The third-order valence-corrected chi connectivity index (χ3v) is 5.72. The molecule has 1 amide bonds. The molecule has 2 aromatic rings. The first kappa shape index (κ1) is 18.8. The van der Waals surface area contributed by atoms with E-state index in [1.807, 2.05) is 12.1 Å². The lowest BCUT2D eigenvalue weighted by Gasteiger charge is -2.30. The van der Waals surface area contributed by atoms with Crippen LogP contribution in [0.2, 0.25) is 0 Å². The van der Waals surface area contributed by atoms with Crippen molar-refractivity contribution in [2.45, 2.75) is 64.1 Å². The second-order valence-corrected chi connectivity index (χ2v) is 8.04. The summed E-state index contributed by atoms with van der Waals surface area (Å²) in [6.45, 7) is 2.68. The Labute approximate surface area is 166 Å². The third-order valence-electron chi connectivity index (χ3n) is 5.72. The van der Waals surface area contributed by atoms with Crippen molar-refractivity contribution in [1.29, 1.82) is 0 Å². The standard InChI is InChI=1S/C21H30N6O/c1-14-5-3-8-19-24-18(13-27(14)19)12-23-21(22-2)26-17-7-4-6-15(11-17)20(28)25-16-9-10-16/h3,5,8,13,15-17H,4,6-7,9-12H2,1-2H3,(H,25,28)(H2,22,23,26). The Morgan fingerprint density at radius 3 is 2.82 bits per heavy atom. The van der Waals surface area contributed by atoms with Gasteiger partial charge in [0.2, 0.25) is 5.91 Å². The zero-order chi connectivity index (χ0) is 19.5. The maximum Gasteiger partial charge on any atom is 0.223 e. The molecule has 2 saturated carbocycles. The fourth-order valence-corrected chi connectivity index (χ4v) is 3.95. The molecule has 0 bridgehead atoms. The quantitative estimate of drug-likeness (QED) is 0.547. The number of hydrogen-bond donors (Lipinski definition) is 3. The first-order valence-corrected chi connectivity index (χ1v) is 10.3. The number of fused-ring (bicyclic) bond motifs is 1. The van der Waals surface area contributed by atoms with Crippen LogP contribution >= 0.6 is 0 Å². The molecular weight excluding hydrogens is 352 g/mol. The lowest BCUT2D eigenvalue weighted by atomic mass is 9.85. The van der Waals surface area contributed by atoms with E-state index in [1.165, 1.54) is 0 Å². The van der Waals surface area contributed by atoms with Crippen LogP contribution < -0.4 is 16.0 Å². The Balaban J connectivity index is 1.31. The molecule has 0 aromatic carbocycles. The van der Waals surface area contributed by atoms with Crippen molar-refractivity contribution in [2.75, 3.05) is 7.05 Å². The molecular formula is C21H30N6O. The number of guanidine groups is 1. The minimum absolute atomic E-state index is 0.117. The van der Waals surface area contributed by atoms with Crippen LogP contribution in [0.15, 0.2) is 29.4 Å². The number of carbonyl (C=O) groups is 1. The molecule has 0 aliphatic heterocycles. The summed E-state index contributed by atoms with van der Waals surface area (Å²) in [4.78, 5) is 21.4. The van der Waals surface area contributed by atoms with Gasteiger partial charge in [-0.25, -0.2) is 4.98 Å². The number of hydrogen-bond acceptors (Lipinski definition) is 3. The first-order valence-electron chi connectivity index (χ1n) is 10.3. The average Bonchev–Trinajstić information content (AvgIpc) is 3.41. The number of aliphatic imine (C=N–C) groups is 1. The summed E-state index contributed by atoms with van der Waals surface area (Å²) in [5.41, 5.74) is 3.09. The van der Waals surface area contributed by atoms with Crippen molar-refractivity contribution in [2.24, 2.45) is 10.9 Å². The van der Waals surface area contributed by atoms with Gasteiger partial charge in [-0.2, -0.15) is 0 Å². The van der Waals surface area contributed by atoms with Crippen LogP contribution in [0.3, 0.4) is 0 Å². The van der Waals surface area contributed by atoms with Gasteiger partial charge in [-0.3, -0.25) is 9.79 Å². The summed E-state index contributed by atoms with van der Waals surface area (Å²) in [6.07, 6.45) is 8.34. The zero-order valence-corrected chi connectivity index (χ0v) is 16.7. The number of rotatable bonds is 5. The molecule has 3 N–H and O–H groups in total. The van der Waals surface area contributed by atoms with Gasteiger partial charge < -0.3 is 20.4 Å². The molecule has 2 unspecified atom stereocenters. The maximum absolute atomic E-state index is 12.4. The van der Waals surface area contributed by atoms with Crippen LogP contribution in [0.1, 0.15) is 49.9 Å². The smallest absolute Gasteiger partial charge is 0.223 e. The van der Waals surface area contributed by atoms with Crippen molar-refractivity contribution < 1.29 is 4.79 Å². The van der Waals surface area contributed by atoms with Crippen LogP contribution in [-0.4, -0.2) is 40.4 Å². The number of carbonyl (C=O) groups excluding carboxylic acids is 1. The van der Waals surface area contributed by atoms with Gasteiger partial charge in [0, 0.05) is 36.9 Å². The molecule has 2 aliphatic rings. The van der Waals surface area contributed by atoms with Gasteiger partial charge in [-0.1, -0.05) is 12.5 Å². The predicted octanol–water partition coefficient (Wildman–Crippen LogP) is 2.15. The molecule has 2 aromatic heterocycles. The summed E-state index contributed by atoms with van der Waals surface area (Å²) >= 11 is 0. The molecule has 28 heavy (non-hydrogen) atoms. The van der Waals surface area contributed by atoms with E-state index in [1.54, 1.807) is 7.05 Å². The normalized spacial score (nSPS) is 22.9. The average molecular weight is 383 g/mol.